The molecule has 16 heavy (non-hydrogen) atoms. The molecule has 1 unspecified atom stereocenters. The fourth-order valence-electron chi connectivity index (χ4n) is 1.29. The number of ether oxygens (including phenoxy) is 1. The first kappa shape index (κ1) is 11.3. The molecule has 2 aromatic rings. The Kier molecular flexibility index (Phi) is 3.38. The van der Waals surface area contributed by atoms with Gasteiger partial charge in [0.1, 0.15) is 11.8 Å². The lowest BCUT2D eigenvalue weighted by Crippen LogP contribution is -2.04. The summed E-state index contributed by atoms with van der Waals surface area (Å²) < 4.78 is 5.65. The van der Waals surface area contributed by atoms with Gasteiger partial charge in [-0.15, -0.1) is 11.3 Å². The molecular weight excluding hydrogens is 248 g/mol. The molecule has 84 valence electrons. The first-order valence-corrected chi connectivity index (χ1v) is 5.70. The van der Waals surface area contributed by atoms with E-state index in [1.807, 2.05) is 0 Å². The molecule has 0 aliphatic rings. The van der Waals surface area contributed by atoms with Crippen molar-refractivity contribution in [3.63, 3.8) is 0 Å². The van der Waals surface area contributed by atoms with Crippen LogP contribution in [0, 0.1) is 0 Å². The number of halogens is 1. The number of aromatic nitrogens is 2. The summed E-state index contributed by atoms with van der Waals surface area (Å²) in [6, 6.07) is 3.49. The molecule has 0 spiro atoms. The summed E-state index contributed by atoms with van der Waals surface area (Å²) in [5.74, 6) is 0.319. The van der Waals surface area contributed by atoms with Crippen molar-refractivity contribution in [3.05, 3.63) is 39.4 Å². The van der Waals surface area contributed by atoms with Crippen molar-refractivity contribution < 1.29 is 9.84 Å². The third-order valence-corrected chi connectivity index (χ3v) is 3.29. The minimum atomic E-state index is -0.860. The lowest BCUT2D eigenvalue weighted by molar-refractivity contribution is 0.211. The molecule has 0 saturated carbocycles. The highest BCUT2D eigenvalue weighted by atomic mass is 35.5. The normalized spacial score (nSPS) is 12.4. The van der Waals surface area contributed by atoms with Gasteiger partial charge in [-0.2, -0.15) is 0 Å². The van der Waals surface area contributed by atoms with Gasteiger partial charge in [0.05, 0.1) is 11.4 Å². The predicted molar refractivity (Wildman–Crippen MR) is 62.0 cm³/mol. The van der Waals surface area contributed by atoms with Crippen LogP contribution in [0.15, 0.2) is 24.5 Å². The predicted octanol–water partition coefficient (Wildman–Crippen LogP) is 2.28. The molecule has 2 heterocycles. The summed E-state index contributed by atoms with van der Waals surface area (Å²) in [5.41, 5.74) is 0.392. The summed E-state index contributed by atoms with van der Waals surface area (Å²) >= 11 is 7.11. The van der Waals surface area contributed by atoms with E-state index in [4.69, 9.17) is 16.3 Å². The van der Waals surface area contributed by atoms with Crippen molar-refractivity contribution in [2.75, 3.05) is 7.11 Å². The Labute approximate surface area is 102 Å². The molecule has 4 nitrogen and oxygen atoms in total. The van der Waals surface area contributed by atoms with Crippen LogP contribution in [-0.2, 0) is 0 Å². The fraction of sp³-hybridized carbons (Fsp3) is 0.200. The van der Waals surface area contributed by atoms with E-state index in [2.05, 4.69) is 9.97 Å². The van der Waals surface area contributed by atoms with Crippen molar-refractivity contribution in [2.24, 2.45) is 0 Å². The molecule has 2 rings (SSSR count). The van der Waals surface area contributed by atoms with Gasteiger partial charge in [-0.1, -0.05) is 11.6 Å². The van der Waals surface area contributed by atoms with Gasteiger partial charge in [0.2, 0.25) is 5.88 Å². The zero-order valence-electron chi connectivity index (χ0n) is 8.42. The molecule has 1 N–H and O–H groups in total. The van der Waals surface area contributed by atoms with Gasteiger partial charge in [-0.25, -0.2) is 4.98 Å². The molecule has 6 heteroatoms. The maximum absolute atomic E-state index is 10.1. The number of aliphatic hydroxyl groups is 1. The average molecular weight is 257 g/mol. The van der Waals surface area contributed by atoms with Crippen LogP contribution in [0.2, 0.25) is 4.34 Å². The minimum Gasteiger partial charge on any atom is -0.480 e. The maximum atomic E-state index is 10.1. The van der Waals surface area contributed by atoms with Gasteiger partial charge in [0.25, 0.3) is 0 Å². The number of nitrogens with zero attached hydrogens (tertiary/aromatic N) is 2. The van der Waals surface area contributed by atoms with E-state index in [-0.39, 0.29) is 0 Å². The summed E-state index contributed by atoms with van der Waals surface area (Å²) in [7, 11) is 1.49. The maximum Gasteiger partial charge on any atom is 0.238 e. The zero-order chi connectivity index (χ0) is 11.5. The monoisotopic (exact) mass is 256 g/mol. The molecule has 0 saturated heterocycles. The first-order chi connectivity index (χ1) is 7.72. The highest BCUT2D eigenvalue weighted by Gasteiger charge is 2.19. The van der Waals surface area contributed by atoms with Crippen LogP contribution in [0.3, 0.4) is 0 Å². The van der Waals surface area contributed by atoms with E-state index in [9.17, 15) is 5.11 Å². The molecule has 0 bridgehead atoms. The van der Waals surface area contributed by atoms with E-state index >= 15 is 0 Å². The van der Waals surface area contributed by atoms with Crippen LogP contribution < -0.4 is 4.74 Å². The lowest BCUT2D eigenvalue weighted by Gasteiger charge is -2.10. The Morgan fingerprint density at radius 3 is 2.75 bits per heavy atom. The van der Waals surface area contributed by atoms with Gasteiger partial charge in [-0.3, -0.25) is 4.98 Å². The van der Waals surface area contributed by atoms with E-state index in [0.29, 0.717) is 20.8 Å². The Morgan fingerprint density at radius 1 is 1.38 bits per heavy atom. The third kappa shape index (κ3) is 2.16. The second-order valence-corrected chi connectivity index (χ2v) is 4.74. The number of hydrogen-bond acceptors (Lipinski definition) is 5. The smallest absolute Gasteiger partial charge is 0.238 e. The van der Waals surface area contributed by atoms with Crippen LogP contribution in [0.4, 0.5) is 0 Å². The van der Waals surface area contributed by atoms with Crippen molar-refractivity contribution in [1.29, 1.82) is 0 Å². The zero-order valence-corrected chi connectivity index (χ0v) is 10.00. The van der Waals surface area contributed by atoms with Gasteiger partial charge in [0, 0.05) is 17.3 Å². The largest absolute Gasteiger partial charge is 0.480 e. The van der Waals surface area contributed by atoms with Crippen molar-refractivity contribution in [2.45, 2.75) is 6.10 Å². The number of rotatable bonds is 3. The topological polar surface area (TPSA) is 55.2 Å². The molecule has 0 aromatic carbocycles. The van der Waals surface area contributed by atoms with Crippen LogP contribution >= 0.6 is 22.9 Å². The van der Waals surface area contributed by atoms with Crippen molar-refractivity contribution >= 4 is 22.9 Å². The Balaban J connectivity index is 2.36. The lowest BCUT2D eigenvalue weighted by atomic mass is 10.2. The highest BCUT2D eigenvalue weighted by Crippen LogP contribution is 2.32. The summed E-state index contributed by atoms with van der Waals surface area (Å²) in [6.45, 7) is 0. The molecule has 0 fully saturated rings. The summed E-state index contributed by atoms with van der Waals surface area (Å²) in [6.07, 6.45) is 2.16. The first-order valence-electron chi connectivity index (χ1n) is 4.50. The molecule has 0 amide bonds. The SMILES string of the molecule is COc1nccnc1C(O)c1ccc(Cl)s1. The van der Waals surface area contributed by atoms with Gasteiger partial charge in [0.15, 0.2) is 0 Å². The molecule has 1 atom stereocenters. The van der Waals surface area contributed by atoms with Crippen molar-refractivity contribution in [1.82, 2.24) is 9.97 Å². The molecule has 2 aromatic heterocycles. The van der Waals surface area contributed by atoms with E-state index < -0.39 is 6.10 Å². The summed E-state index contributed by atoms with van der Waals surface area (Å²) in [4.78, 5) is 8.75. The molecule has 0 aliphatic carbocycles. The second kappa shape index (κ2) is 4.78. The standard InChI is InChI=1S/C10H9ClN2O2S/c1-15-10-8(12-4-5-13-10)9(14)6-2-3-7(11)16-6/h2-5,9,14H,1H3. The number of hydrogen-bond donors (Lipinski definition) is 1. The van der Waals surface area contributed by atoms with Crippen LogP contribution in [0.5, 0.6) is 5.88 Å². The number of thiophene rings is 1. The number of methoxy groups -OCH3 is 1. The Hall–Kier alpha value is -1.17. The van der Waals surface area contributed by atoms with Crippen LogP contribution in [-0.4, -0.2) is 22.2 Å². The third-order valence-electron chi connectivity index (χ3n) is 2.01. The summed E-state index contributed by atoms with van der Waals surface area (Å²) in [5, 5.41) is 10.1. The minimum absolute atomic E-state index is 0.319. The Bertz CT molecular complexity index is 489. The van der Waals surface area contributed by atoms with E-state index in [0.717, 1.165) is 0 Å². The van der Waals surface area contributed by atoms with Crippen molar-refractivity contribution in [3.8, 4) is 5.88 Å². The second-order valence-electron chi connectivity index (χ2n) is 3.00. The Morgan fingerprint density at radius 2 is 2.12 bits per heavy atom. The quantitative estimate of drug-likeness (QED) is 0.915. The van der Waals surface area contributed by atoms with E-state index in [1.165, 1.54) is 30.8 Å². The highest BCUT2D eigenvalue weighted by molar-refractivity contribution is 7.16. The fourth-order valence-corrected chi connectivity index (χ4v) is 2.34. The van der Waals surface area contributed by atoms with Gasteiger partial charge >= 0.3 is 0 Å². The van der Waals surface area contributed by atoms with E-state index in [1.54, 1.807) is 12.1 Å². The van der Waals surface area contributed by atoms with Crippen LogP contribution in [0.1, 0.15) is 16.7 Å². The van der Waals surface area contributed by atoms with Gasteiger partial charge in [-0.05, 0) is 12.1 Å². The number of aliphatic hydroxyl groups excluding tert-OH is 1. The average Bonchev–Trinajstić information content (AvgIpc) is 2.75. The molecule has 0 radical (unpaired) electrons. The van der Waals surface area contributed by atoms with Crippen LogP contribution in [0.25, 0.3) is 0 Å². The molecule has 0 aliphatic heterocycles. The van der Waals surface area contributed by atoms with Gasteiger partial charge < -0.3 is 9.84 Å². The molecular formula is C10H9ClN2O2S.